The van der Waals surface area contributed by atoms with Crippen LogP contribution in [0.2, 0.25) is 0 Å². The molecule has 0 atom stereocenters. The summed E-state index contributed by atoms with van der Waals surface area (Å²) < 4.78 is 17.0. The number of anilines is 1. The van der Waals surface area contributed by atoms with Crippen molar-refractivity contribution < 1.29 is 9.18 Å². The predicted octanol–water partition coefficient (Wildman–Crippen LogP) is 5.21. The van der Waals surface area contributed by atoms with Crippen molar-refractivity contribution in [3.8, 4) is 0 Å². The quantitative estimate of drug-likeness (QED) is 0.774. The van der Waals surface area contributed by atoms with Crippen LogP contribution in [-0.2, 0) is 10.3 Å². The van der Waals surface area contributed by atoms with Crippen molar-refractivity contribution >= 4 is 38.8 Å². The van der Waals surface area contributed by atoms with Gasteiger partial charge in [0.15, 0.2) is 5.82 Å². The molecule has 0 bridgehead atoms. The molecule has 1 aromatic heterocycles. The molecule has 1 aliphatic carbocycles. The van der Waals surface area contributed by atoms with Gasteiger partial charge in [0.1, 0.15) is 5.52 Å². The summed E-state index contributed by atoms with van der Waals surface area (Å²) in [6.07, 6.45) is 3.50. The Labute approximate surface area is 150 Å². The molecule has 0 saturated heterocycles. The average molecular weight is 396 g/mol. The zero-order valence-electron chi connectivity index (χ0n) is 14.5. The van der Waals surface area contributed by atoms with E-state index in [0.29, 0.717) is 22.4 Å². The molecule has 1 N–H and O–H groups in total. The van der Waals surface area contributed by atoms with Crippen LogP contribution in [-0.4, -0.2) is 15.5 Å². The van der Waals surface area contributed by atoms with E-state index in [4.69, 9.17) is 0 Å². The molecule has 1 fully saturated rings. The molecule has 0 radical (unpaired) electrons. The topological polar surface area (TPSA) is 46.9 Å². The van der Waals surface area contributed by atoms with Crippen LogP contribution < -0.4 is 5.32 Å². The highest BCUT2D eigenvalue weighted by Crippen LogP contribution is 2.43. The highest BCUT2D eigenvalue weighted by molar-refractivity contribution is 9.10. The summed E-state index contributed by atoms with van der Waals surface area (Å²) in [4.78, 5) is 16.8. The summed E-state index contributed by atoms with van der Waals surface area (Å²) in [5, 5.41) is 2.91. The predicted molar refractivity (Wildman–Crippen MR) is 97.6 cm³/mol. The minimum Gasteiger partial charge on any atom is -0.304 e. The summed E-state index contributed by atoms with van der Waals surface area (Å²) in [6, 6.07) is 3.28. The summed E-state index contributed by atoms with van der Waals surface area (Å²) in [5.41, 5.74) is 0.773. The smallest absolute Gasteiger partial charge is 0.227 e. The fraction of sp³-hybridized carbons (Fsp3) is 0.556. The van der Waals surface area contributed by atoms with Gasteiger partial charge in [0.2, 0.25) is 11.9 Å². The van der Waals surface area contributed by atoms with Crippen LogP contribution >= 0.6 is 15.9 Å². The number of carbonyl (C=O) groups excluding carboxylic acids is 1. The van der Waals surface area contributed by atoms with Crippen molar-refractivity contribution in [2.75, 3.05) is 5.32 Å². The number of aromatic nitrogens is 2. The van der Waals surface area contributed by atoms with Gasteiger partial charge in [-0.2, -0.15) is 0 Å². The van der Waals surface area contributed by atoms with E-state index in [1.165, 1.54) is 6.07 Å². The molecule has 1 heterocycles. The summed E-state index contributed by atoms with van der Waals surface area (Å²) >= 11 is 3.36. The number of hydrogen-bond donors (Lipinski definition) is 1. The van der Waals surface area contributed by atoms with Gasteiger partial charge in [0.05, 0.1) is 5.52 Å². The Balaban J connectivity index is 2.08. The van der Waals surface area contributed by atoms with E-state index in [0.717, 1.165) is 24.8 Å². The maximum Gasteiger partial charge on any atom is 0.227 e. The van der Waals surface area contributed by atoms with E-state index < -0.39 is 0 Å². The van der Waals surface area contributed by atoms with Gasteiger partial charge < -0.3 is 4.57 Å². The van der Waals surface area contributed by atoms with Crippen LogP contribution in [0.25, 0.3) is 11.0 Å². The van der Waals surface area contributed by atoms with Gasteiger partial charge in [-0.15, -0.1) is 0 Å². The van der Waals surface area contributed by atoms with Crippen LogP contribution in [0.5, 0.6) is 0 Å². The lowest BCUT2D eigenvalue weighted by molar-refractivity contribution is -0.117. The lowest BCUT2D eigenvalue weighted by Crippen LogP contribution is -2.38. The normalized spacial score (nSPS) is 16.9. The lowest BCUT2D eigenvalue weighted by atomic mass is 9.78. The molecule has 1 aliphatic rings. The Bertz CT molecular complexity index is 803. The van der Waals surface area contributed by atoms with Crippen molar-refractivity contribution in [3.63, 3.8) is 0 Å². The monoisotopic (exact) mass is 395 g/mol. The van der Waals surface area contributed by atoms with Crippen LogP contribution in [0.4, 0.5) is 10.3 Å². The number of nitrogens with zero attached hydrogens (tertiary/aromatic N) is 2. The van der Waals surface area contributed by atoms with Gasteiger partial charge in [-0.05, 0) is 43.7 Å². The molecule has 3 rings (SSSR count). The summed E-state index contributed by atoms with van der Waals surface area (Å²) in [7, 11) is 0. The number of halogens is 2. The number of amides is 1. The minimum absolute atomic E-state index is 0.0959. The molecule has 1 amide bonds. The Morgan fingerprint density at radius 2 is 2.08 bits per heavy atom. The Hall–Kier alpha value is -1.43. The molecule has 1 aromatic carbocycles. The molecule has 0 unspecified atom stereocenters. The number of nitrogens with one attached hydrogen (secondary N) is 1. The van der Waals surface area contributed by atoms with Crippen molar-refractivity contribution in [1.82, 2.24) is 9.55 Å². The van der Waals surface area contributed by atoms with E-state index in [1.54, 1.807) is 0 Å². The third kappa shape index (κ3) is 3.21. The first-order chi connectivity index (χ1) is 11.1. The van der Waals surface area contributed by atoms with Gasteiger partial charge >= 0.3 is 0 Å². The fourth-order valence-corrected chi connectivity index (χ4v) is 3.71. The van der Waals surface area contributed by atoms with E-state index in [2.05, 4.69) is 33.2 Å². The molecular formula is C18H23BrFN3O. The van der Waals surface area contributed by atoms with Crippen molar-refractivity contribution in [3.05, 3.63) is 22.4 Å². The van der Waals surface area contributed by atoms with Gasteiger partial charge in [-0.3, -0.25) is 10.1 Å². The number of imidazole rings is 1. The summed E-state index contributed by atoms with van der Waals surface area (Å²) in [5.74, 6) is -0.0349. The highest BCUT2D eigenvalue weighted by atomic mass is 79.9. The standard InChI is InChI=1S/C18H23BrFN3O/c1-17(2,3)10-14(24)21-16-22-15-12(20)8-11(19)9-13(15)23(16)18(4)6-5-7-18/h8-9H,5-7,10H2,1-4H3,(H,21,22,24). The van der Waals surface area contributed by atoms with Crippen LogP contribution in [0.15, 0.2) is 16.6 Å². The number of carbonyl (C=O) groups is 1. The van der Waals surface area contributed by atoms with Crippen molar-refractivity contribution in [2.24, 2.45) is 5.41 Å². The Kier molecular flexibility index (Phi) is 4.22. The second-order valence-corrected chi connectivity index (χ2v) is 9.08. The molecule has 24 heavy (non-hydrogen) atoms. The molecule has 6 heteroatoms. The first-order valence-corrected chi connectivity index (χ1v) is 9.06. The lowest BCUT2D eigenvalue weighted by Gasteiger charge is -2.41. The third-order valence-corrected chi connectivity index (χ3v) is 5.05. The first kappa shape index (κ1) is 17.4. The number of benzene rings is 1. The minimum atomic E-state index is -0.382. The second-order valence-electron chi connectivity index (χ2n) is 8.16. The van der Waals surface area contributed by atoms with E-state index in [9.17, 15) is 9.18 Å². The van der Waals surface area contributed by atoms with E-state index in [1.807, 2.05) is 31.4 Å². The SMILES string of the molecule is CC(C)(C)CC(=O)Nc1nc2c(F)cc(Br)cc2n1C1(C)CCC1. The molecule has 130 valence electrons. The zero-order chi connectivity index (χ0) is 17.7. The van der Waals surface area contributed by atoms with Gasteiger partial charge in [0, 0.05) is 16.4 Å². The maximum absolute atomic E-state index is 14.3. The Morgan fingerprint density at radius 1 is 1.42 bits per heavy atom. The van der Waals surface area contributed by atoms with E-state index in [-0.39, 0.29) is 22.7 Å². The third-order valence-electron chi connectivity index (χ3n) is 4.59. The summed E-state index contributed by atoms with van der Waals surface area (Å²) in [6.45, 7) is 8.18. The van der Waals surface area contributed by atoms with Gasteiger partial charge in [-0.1, -0.05) is 36.7 Å². The Morgan fingerprint density at radius 3 is 2.62 bits per heavy atom. The number of rotatable bonds is 3. The van der Waals surface area contributed by atoms with E-state index >= 15 is 0 Å². The maximum atomic E-state index is 14.3. The highest BCUT2D eigenvalue weighted by Gasteiger charge is 2.37. The molecular weight excluding hydrogens is 373 g/mol. The molecule has 4 nitrogen and oxygen atoms in total. The van der Waals surface area contributed by atoms with Crippen LogP contribution in [0.3, 0.4) is 0 Å². The molecule has 0 spiro atoms. The van der Waals surface area contributed by atoms with Gasteiger partial charge in [-0.25, -0.2) is 9.37 Å². The first-order valence-electron chi connectivity index (χ1n) is 8.27. The van der Waals surface area contributed by atoms with Crippen LogP contribution in [0, 0.1) is 11.2 Å². The molecule has 1 saturated carbocycles. The number of fused-ring (bicyclic) bond motifs is 1. The molecule has 0 aliphatic heterocycles. The zero-order valence-corrected chi connectivity index (χ0v) is 16.1. The largest absolute Gasteiger partial charge is 0.304 e. The number of hydrogen-bond acceptors (Lipinski definition) is 2. The van der Waals surface area contributed by atoms with Gasteiger partial charge in [0.25, 0.3) is 0 Å². The average Bonchev–Trinajstić information content (AvgIpc) is 2.72. The van der Waals surface area contributed by atoms with Crippen molar-refractivity contribution in [2.45, 2.75) is 58.9 Å². The fourth-order valence-electron chi connectivity index (χ4n) is 3.30. The second kappa shape index (κ2) is 5.83. The van der Waals surface area contributed by atoms with Crippen LogP contribution in [0.1, 0.15) is 53.4 Å². The van der Waals surface area contributed by atoms with Crippen molar-refractivity contribution in [1.29, 1.82) is 0 Å². The molecule has 2 aromatic rings.